The third kappa shape index (κ3) is 7.72. The Bertz CT molecular complexity index is 524. The first-order valence-corrected chi connectivity index (χ1v) is 9.45. The van der Waals surface area contributed by atoms with Crippen LogP contribution in [0, 0.1) is 0 Å². The number of morpholine rings is 1. The summed E-state index contributed by atoms with van der Waals surface area (Å²) in [4.78, 5) is 14.6. The van der Waals surface area contributed by atoms with E-state index in [1.165, 1.54) is 17.1 Å². The van der Waals surface area contributed by atoms with E-state index in [4.69, 9.17) is 4.74 Å². The molecular weight excluding hydrogens is 381 g/mol. The van der Waals surface area contributed by atoms with Crippen molar-refractivity contribution in [1.82, 2.24) is 10.2 Å². The van der Waals surface area contributed by atoms with E-state index in [0.29, 0.717) is 13.0 Å². The quantitative estimate of drug-likeness (QED) is 0.784. The molecule has 0 bridgehead atoms. The Morgan fingerprint density at radius 2 is 2.12 bits per heavy atom. The molecule has 2 N–H and O–H groups in total. The summed E-state index contributed by atoms with van der Waals surface area (Å²) in [5.74, 6) is 2.47. The number of carbonyl (C=O) groups excluding carboxylic acids is 1. The molecule has 2 fully saturated rings. The number of anilines is 1. The molecule has 0 aliphatic carbocycles. The van der Waals surface area contributed by atoms with Gasteiger partial charge >= 0.3 is 0 Å². The molecule has 8 heteroatoms. The van der Waals surface area contributed by atoms with Gasteiger partial charge < -0.3 is 15.4 Å². The molecule has 2 heterocycles. The van der Waals surface area contributed by atoms with Crippen LogP contribution in [0.4, 0.5) is 5.69 Å². The van der Waals surface area contributed by atoms with Crippen molar-refractivity contribution >= 4 is 48.2 Å². The van der Waals surface area contributed by atoms with Gasteiger partial charge in [0.2, 0.25) is 5.91 Å². The number of benzene rings is 1. The minimum Gasteiger partial charge on any atom is -0.378 e. The van der Waals surface area contributed by atoms with Gasteiger partial charge in [-0.15, -0.1) is 24.8 Å². The smallest absolute Gasteiger partial charge is 0.226 e. The van der Waals surface area contributed by atoms with Gasteiger partial charge in [0.05, 0.1) is 13.2 Å². The van der Waals surface area contributed by atoms with E-state index in [9.17, 15) is 4.79 Å². The third-order valence-electron chi connectivity index (χ3n) is 4.15. The lowest BCUT2D eigenvalue weighted by Crippen LogP contribution is -2.43. The highest BCUT2D eigenvalue weighted by molar-refractivity contribution is 7.99. The first-order valence-electron chi connectivity index (χ1n) is 8.29. The molecule has 1 aromatic rings. The maximum absolute atomic E-state index is 12.2. The van der Waals surface area contributed by atoms with E-state index in [1.54, 1.807) is 0 Å². The molecule has 1 amide bonds. The van der Waals surface area contributed by atoms with Crippen LogP contribution in [0.25, 0.3) is 0 Å². The zero-order valence-corrected chi connectivity index (χ0v) is 16.7. The largest absolute Gasteiger partial charge is 0.378 e. The van der Waals surface area contributed by atoms with E-state index in [2.05, 4.69) is 27.7 Å². The molecule has 1 atom stereocenters. The molecule has 25 heavy (non-hydrogen) atoms. The average molecular weight is 408 g/mol. The van der Waals surface area contributed by atoms with Gasteiger partial charge in [-0.3, -0.25) is 9.69 Å². The Morgan fingerprint density at radius 3 is 2.84 bits per heavy atom. The summed E-state index contributed by atoms with van der Waals surface area (Å²) < 4.78 is 5.39. The number of nitrogens with zero attached hydrogens (tertiary/aromatic N) is 1. The zero-order chi connectivity index (χ0) is 15.9. The predicted octanol–water partition coefficient (Wildman–Crippen LogP) is 2.40. The second-order valence-electron chi connectivity index (χ2n) is 6.07. The van der Waals surface area contributed by atoms with Crippen molar-refractivity contribution in [3.8, 4) is 0 Å². The van der Waals surface area contributed by atoms with Crippen LogP contribution in [0.5, 0.6) is 0 Å². The third-order valence-corrected chi connectivity index (χ3v) is 5.09. The van der Waals surface area contributed by atoms with Crippen LogP contribution in [0.1, 0.15) is 12.0 Å². The van der Waals surface area contributed by atoms with Crippen molar-refractivity contribution in [3.05, 3.63) is 29.8 Å². The lowest BCUT2D eigenvalue weighted by molar-refractivity contribution is -0.117. The van der Waals surface area contributed by atoms with Crippen LogP contribution in [0.2, 0.25) is 0 Å². The standard InChI is InChI=1S/C17H25N3O2S.2ClH/c21-17(11-16-13-22-7-4-18-16)19-15-3-1-2-14(10-15)12-20-5-8-23-9-6-20;;/h1-3,10,16,18H,4-9,11-13H2,(H,19,21);2*1H. The maximum Gasteiger partial charge on any atom is 0.226 e. The molecule has 2 aliphatic rings. The second-order valence-corrected chi connectivity index (χ2v) is 7.29. The van der Waals surface area contributed by atoms with Crippen LogP contribution in [-0.2, 0) is 16.1 Å². The Hall–Kier alpha value is -0.500. The molecule has 1 aromatic carbocycles. The number of hydrogen-bond acceptors (Lipinski definition) is 5. The fourth-order valence-corrected chi connectivity index (χ4v) is 3.93. The summed E-state index contributed by atoms with van der Waals surface area (Å²) in [5.41, 5.74) is 2.14. The fourth-order valence-electron chi connectivity index (χ4n) is 2.95. The highest BCUT2D eigenvalue weighted by Crippen LogP contribution is 2.16. The number of amides is 1. The monoisotopic (exact) mass is 407 g/mol. The highest BCUT2D eigenvalue weighted by atomic mass is 35.5. The predicted molar refractivity (Wildman–Crippen MR) is 109 cm³/mol. The van der Waals surface area contributed by atoms with E-state index >= 15 is 0 Å². The van der Waals surface area contributed by atoms with Crippen LogP contribution in [0.3, 0.4) is 0 Å². The van der Waals surface area contributed by atoms with Crippen molar-refractivity contribution in [3.63, 3.8) is 0 Å². The Balaban J connectivity index is 0.00000156. The van der Waals surface area contributed by atoms with Crippen LogP contribution >= 0.6 is 36.6 Å². The molecular formula is C17H27Cl2N3O2S. The normalized spacial score (nSPS) is 20.9. The number of ether oxygens (including phenoxy) is 1. The molecule has 142 valence electrons. The molecule has 0 spiro atoms. The van der Waals surface area contributed by atoms with Crippen molar-refractivity contribution in [2.24, 2.45) is 0 Å². The molecule has 2 saturated heterocycles. The van der Waals surface area contributed by atoms with Gasteiger partial charge in [-0.1, -0.05) is 12.1 Å². The van der Waals surface area contributed by atoms with Crippen LogP contribution in [0.15, 0.2) is 24.3 Å². The van der Waals surface area contributed by atoms with Gasteiger partial charge in [0.1, 0.15) is 0 Å². The minimum absolute atomic E-state index is 0. The topological polar surface area (TPSA) is 53.6 Å². The molecule has 0 aromatic heterocycles. The van der Waals surface area contributed by atoms with E-state index in [1.807, 2.05) is 23.9 Å². The minimum atomic E-state index is 0. The van der Waals surface area contributed by atoms with Gasteiger partial charge in [-0.2, -0.15) is 11.8 Å². The summed E-state index contributed by atoms with van der Waals surface area (Å²) in [6.45, 7) is 5.42. The van der Waals surface area contributed by atoms with Crippen molar-refractivity contribution in [2.75, 3.05) is 49.7 Å². The maximum atomic E-state index is 12.2. The summed E-state index contributed by atoms with van der Waals surface area (Å²) in [6, 6.07) is 8.32. The van der Waals surface area contributed by atoms with E-state index in [0.717, 1.165) is 38.5 Å². The van der Waals surface area contributed by atoms with Gasteiger partial charge in [0.25, 0.3) is 0 Å². The molecule has 0 saturated carbocycles. The number of nitrogens with one attached hydrogen (secondary N) is 2. The summed E-state index contributed by atoms with van der Waals surface area (Å²) in [5, 5.41) is 6.32. The van der Waals surface area contributed by atoms with E-state index in [-0.39, 0.29) is 36.8 Å². The fraction of sp³-hybridized carbons (Fsp3) is 0.588. The zero-order valence-electron chi connectivity index (χ0n) is 14.2. The Morgan fingerprint density at radius 1 is 1.32 bits per heavy atom. The first kappa shape index (κ1) is 22.5. The van der Waals surface area contributed by atoms with Crippen LogP contribution in [-0.4, -0.2) is 61.2 Å². The number of carbonyl (C=O) groups is 1. The van der Waals surface area contributed by atoms with Gasteiger partial charge in [-0.05, 0) is 17.7 Å². The molecule has 0 radical (unpaired) electrons. The molecule has 5 nitrogen and oxygen atoms in total. The number of rotatable bonds is 5. The van der Waals surface area contributed by atoms with Gasteiger partial charge in [0, 0.05) is 55.8 Å². The number of halogens is 2. The second kappa shape index (κ2) is 12.0. The summed E-state index contributed by atoms with van der Waals surface area (Å²) in [6.07, 6.45) is 0.452. The average Bonchev–Trinajstić information content (AvgIpc) is 2.57. The molecule has 1 unspecified atom stereocenters. The van der Waals surface area contributed by atoms with Gasteiger partial charge in [0.15, 0.2) is 0 Å². The van der Waals surface area contributed by atoms with Crippen LogP contribution < -0.4 is 10.6 Å². The first-order chi connectivity index (χ1) is 11.3. The van der Waals surface area contributed by atoms with Gasteiger partial charge in [-0.25, -0.2) is 0 Å². The Kier molecular flexibility index (Phi) is 10.8. The molecule has 2 aliphatic heterocycles. The number of thioether (sulfide) groups is 1. The van der Waals surface area contributed by atoms with E-state index < -0.39 is 0 Å². The van der Waals surface area contributed by atoms with Crippen molar-refractivity contribution in [2.45, 2.75) is 19.0 Å². The lowest BCUT2D eigenvalue weighted by atomic mass is 10.1. The Labute approximate surface area is 166 Å². The summed E-state index contributed by atoms with van der Waals surface area (Å²) in [7, 11) is 0. The van der Waals surface area contributed by atoms with Crippen molar-refractivity contribution < 1.29 is 9.53 Å². The van der Waals surface area contributed by atoms with Crippen molar-refractivity contribution in [1.29, 1.82) is 0 Å². The SMILES string of the molecule is Cl.Cl.O=C(CC1COCCN1)Nc1cccc(CN2CCSCC2)c1. The lowest BCUT2D eigenvalue weighted by Gasteiger charge is -2.26. The summed E-state index contributed by atoms with van der Waals surface area (Å²) >= 11 is 2.02. The molecule has 3 rings (SSSR count). The highest BCUT2D eigenvalue weighted by Gasteiger charge is 2.17. The number of hydrogen-bond donors (Lipinski definition) is 2.